The van der Waals surface area contributed by atoms with Crippen molar-refractivity contribution in [3.05, 3.63) is 39.3 Å². The summed E-state index contributed by atoms with van der Waals surface area (Å²) in [6.07, 6.45) is 2.41. The summed E-state index contributed by atoms with van der Waals surface area (Å²) >= 11 is 4.81. The van der Waals surface area contributed by atoms with Crippen LogP contribution < -0.4 is 11.1 Å². The highest BCUT2D eigenvalue weighted by Gasteiger charge is 2.26. The van der Waals surface area contributed by atoms with Gasteiger partial charge in [-0.3, -0.25) is 10.1 Å². The van der Waals surface area contributed by atoms with Gasteiger partial charge in [0.15, 0.2) is 5.13 Å². The second kappa shape index (κ2) is 4.94. The van der Waals surface area contributed by atoms with Gasteiger partial charge in [0.1, 0.15) is 0 Å². The average Bonchev–Trinajstić information content (AvgIpc) is 3.13. The van der Waals surface area contributed by atoms with Crippen molar-refractivity contribution >= 4 is 44.0 Å². The van der Waals surface area contributed by atoms with Gasteiger partial charge in [0, 0.05) is 21.5 Å². The molecule has 6 heteroatoms. The number of benzene rings is 1. The lowest BCUT2D eigenvalue weighted by atomic mass is 10.2. The van der Waals surface area contributed by atoms with Gasteiger partial charge in [-0.05, 0) is 47.0 Å². The van der Waals surface area contributed by atoms with E-state index in [-0.39, 0.29) is 5.91 Å². The molecule has 1 aliphatic rings. The van der Waals surface area contributed by atoms with Crippen molar-refractivity contribution in [2.75, 3.05) is 11.1 Å². The van der Waals surface area contributed by atoms with Crippen LogP contribution in [0.1, 0.15) is 34.8 Å². The third-order valence-electron chi connectivity index (χ3n) is 2.97. The number of nitrogens with one attached hydrogen (secondary N) is 1. The van der Waals surface area contributed by atoms with E-state index in [0.29, 0.717) is 22.3 Å². The number of nitrogens with zero attached hydrogens (tertiary/aromatic N) is 1. The molecule has 19 heavy (non-hydrogen) atoms. The monoisotopic (exact) mass is 337 g/mol. The summed E-state index contributed by atoms with van der Waals surface area (Å²) in [4.78, 5) is 16.6. The highest BCUT2D eigenvalue weighted by atomic mass is 79.9. The quantitative estimate of drug-likeness (QED) is 0.840. The second-order valence-corrected chi connectivity index (χ2v) is 6.26. The Morgan fingerprint density at radius 2 is 2.26 bits per heavy atom. The van der Waals surface area contributed by atoms with Crippen molar-refractivity contribution in [3.8, 4) is 0 Å². The lowest BCUT2D eigenvalue weighted by Gasteiger charge is -2.05. The molecule has 0 spiro atoms. The Morgan fingerprint density at radius 3 is 3.00 bits per heavy atom. The van der Waals surface area contributed by atoms with E-state index in [9.17, 15) is 4.79 Å². The largest absolute Gasteiger partial charge is 0.399 e. The first-order valence-electron chi connectivity index (χ1n) is 5.95. The van der Waals surface area contributed by atoms with Crippen LogP contribution in [0.5, 0.6) is 0 Å². The Labute approximate surface area is 123 Å². The number of rotatable bonds is 3. The van der Waals surface area contributed by atoms with Crippen molar-refractivity contribution in [1.82, 2.24) is 4.98 Å². The molecule has 98 valence electrons. The van der Waals surface area contributed by atoms with E-state index in [1.807, 2.05) is 5.38 Å². The third-order valence-corrected chi connectivity index (χ3v) is 4.44. The van der Waals surface area contributed by atoms with E-state index >= 15 is 0 Å². The maximum Gasteiger partial charge on any atom is 0.258 e. The number of carbonyl (C=O) groups is 1. The zero-order chi connectivity index (χ0) is 13.4. The maximum absolute atomic E-state index is 12.2. The number of thiazole rings is 1. The Morgan fingerprint density at radius 1 is 1.47 bits per heavy atom. The first kappa shape index (κ1) is 12.6. The molecule has 3 rings (SSSR count). The van der Waals surface area contributed by atoms with E-state index in [1.54, 1.807) is 18.2 Å². The number of amides is 1. The van der Waals surface area contributed by atoms with E-state index in [0.717, 1.165) is 10.2 Å². The van der Waals surface area contributed by atoms with Crippen molar-refractivity contribution in [2.24, 2.45) is 0 Å². The average molecular weight is 338 g/mol. The number of carbonyl (C=O) groups excluding carboxylic acids is 1. The predicted molar refractivity (Wildman–Crippen MR) is 80.6 cm³/mol. The van der Waals surface area contributed by atoms with Gasteiger partial charge in [-0.2, -0.15) is 0 Å². The minimum Gasteiger partial charge on any atom is -0.399 e. The molecule has 1 amide bonds. The van der Waals surface area contributed by atoms with Crippen LogP contribution >= 0.6 is 27.3 Å². The summed E-state index contributed by atoms with van der Waals surface area (Å²) in [5, 5.41) is 5.47. The molecular formula is C13H12BrN3OS. The lowest BCUT2D eigenvalue weighted by molar-refractivity contribution is 0.102. The second-order valence-electron chi connectivity index (χ2n) is 4.55. The number of nitrogens with two attached hydrogens (primary N) is 1. The molecule has 0 saturated heterocycles. The summed E-state index contributed by atoms with van der Waals surface area (Å²) in [7, 11) is 0. The highest BCUT2D eigenvalue weighted by molar-refractivity contribution is 9.10. The topological polar surface area (TPSA) is 68.0 Å². The molecule has 1 aromatic heterocycles. The van der Waals surface area contributed by atoms with Crippen molar-refractivity contribution < 1.29 is 4.79 Å². The van der Waals surface area contributed by atoms with Gasteiger partial charge in [0.05, 0.1) is 11.3 Å². The van der Waals surface area contributed by atoms with E-state index in [4.69, 9.17) is 5.73 Å². The molecule has 0 unspecified atom stereocenters. The summed E-state index contributed by atoms with van der Waals surface area (Å²) in [6.45, 7) is 0. The van der Waals surface area contributed by atoms with Gasteiger partial charge in [0.2, 0.25) is 0 Å². The van der Waals surface area contributed by atoms with Crippen molar-refractivity contribution in [3.63, 3.8) is 0 Å². The van der Waals surface area contributed by atoms with Crippen LogP contribution in [0.15, 0.2) is 28.1 Å². The minimum absolute atomic E-state index is 0.198. The Balaban J connectivity index is 1.77. The number of halogens is 1. The first-order chi connectivity index (χ1) is 9.13. The fraction of sp³-hybridized carbons (Fsp3) is 0.231. The van der Waals surface area contributed by atoms with Crippen LogP contribution in [0.25, 0.3) is 0 Å². The third kappa shape index (κ3) is 2.79. The maximum atomic E-state index is 12.2. The molecule has 4 nitrogen and oxygen atoms in total. The van der Waals surface area contributed by atoms with Gasteiger partial charge in [-0.15, -0.1) is 11.3 Å². The van der Waals surface area contributed by atoms with Crippen LogP contribution in [-0.2, 0) is 0 Å². The molecule has 0 aliphatic heterocycles. The molecule has 2 aromatic rings. The molecule has 1 aromatic carbocycles. The lowest BCUT2D eigenvalue weighted by Crippen LogP contribution is -2.12. The molecule has 0 atom stereocenters. The molecule has 1 saturated carbocycles. The molecule has 1 aliphatic carbocycles. The van der Waals surface area contributed by atoms with Crippen LogP contribution in [0, 0.1) is 0 Å². The van der Waals surface area contributed by atoms with E-state index in [1.165, 1.54) is 24.2 Å². The zero-order valence-electron chi connectivity index (χ0n) is 10.0. The minimum atomic E-state index is -0.198. The normalized spacial score (nSPS) is 14.4. The van der Waals surface area contributed by atoms with E-state index < -0.39 is 0 Å². The summed E-state index contributed by atoms with van der Waals surface area (Å²) in [5.74, 6) is 0.400. The predicted octanol–water partition coefficient (Wildman–Crippen LogP) is 3.62. The van der Waals surface area contributed by atoms with Crippen LogP contribution in [0.2, 0.25) is 0 Å². The summed E-state index contributed by atoms with van der Waals surface area (Å²) in [6, 6.07) is 5.16. The van der Waals surface area contributed by atoms with Gasteiger partial charge in [0.25, 0.3) is 5.91 Å². The first-order valence-corrected chi connectivity index (χ1v) is 7.62. The van der Waals surface area contributed by atoms with Crippen molar-refractivity contribution in [2.45, 2.75) is 18.8 Å². The Hall–Kier alpha value is -1.40. The molecule has 1 heterocycles. The number of aromatic nitrogens is 1. The summed E-state index contributed by atoms with van der Waals surface area (Å²) < 4.78 is 0.721. The zero-order valence-corrected chi connectivity index (χ0v) is 12.4. The molecule has 0 bridgehead atoms. The highest BCUT2D eigenvalue weighted by Crippen LogP contribution is 2.40. The van der Waals surface area contributed by atoms with Gasteiger partial charge < -0.3 is 5.73 Å². The van der Waals surface area contributed by atoms with Crippen LogP contribution in [-0.4, -0.2) is 10.9 Å². The standard InChI is InChI=1S/C13H12BrN3OS/c14-10-4-3-8(15)5-9(10)12(18)17-13-16-11(6-19-13)7-1-2-7/h3-7H,1-2,15H2,(H,16,17,18). The molecule has 3 N–H and O–H groups in total. The number of nitrogen functional groups attached to an aromatic ring is 1. The number of anilines is 2. The Kier molecular flexibility index (Phi) is 3.28. The number of hydrogen-bond donors (Lipinski definition) is 2. The van der Waals surface area contributed by atoms with Gasteiger partial charge in [-0.1, -0.05) is 0 Å². The van der Waals surface area contributed by atoms with Crippen molar-refractivity contribution in [1.29, 1.82) is 0 Å². The van der Waals surface area contributed by atoms with Crippen LogP contribution in [0.4, 0.5) is 10.8 Å². The fourth-order valence-electron chi connectivity index (χ4n) is 1.79. The molecule has 0 radical (unpaired) electrons. The SMILES string of the molecule is Nc1ccc(Br)c(C(=O)Nc2nc(C3CC3)cs2)c1. The van der Waals surface area contributed by atoms with Crippen LogP contribution in [0.3, 0.4) is 0 Å². The number of hydrogen-bond acceptors (Lipinski definition) is 4. The van der Waals surface area contributed by atoms with Gasteiger partial charge >= 0.3 is 0 Å². The van der Waals surface area contributed by atoms with Gasteiger partial charge in [-0.25, -0.2) is 4.98 Å². The molecule has 1 fully saturated rings. The molecular weight excluding hydrogens is 326 g/mol. The van der Waals surface area contributed by atoms with E-state index in [2.05, 4.69) is 26.2 Å². The smallest absolute Gasteiger partial charge is 0.258 e. The Bertz CT molecular complexity index is 637. The fourth-order valence-corrected chi connectivity index (χ4v) is 3.01. The summed E-state index contributed by atoms with van der Waals surface area (Å²) in [5.41, 5.74) is 7.86.